The molecule has 1 aliphatic rings. The number of rotatable bonds is 8. The molecule has 0 aromatic rings. The SMILES string of the molecule is CC(=O)SC1CC(=O)N(CCCC[C@H](NC(=O)OC(C)(C)C)C(=O)O)C1. The zero-order valence-electron chi connectivity index (χ0n) is 15.7. The van der Waals surface area contributed by atoms with Crippen molar-refractivity contribution in [2.45, 2.75) is 70.3 Å². The first-order chi connectivity index (χ1) is 12.0. The Balaban J connectivity index is 2.35. The van der Waals surface area contributed by atoms with Crippen molar-refractivity contribution in [1.29, 1.82) is 0 Å². The molecule has 8 nitrogen and oxygen atoms in total. The molecule has 0 aromatic heterocycles. The van der Waals surface area contributed by atoms with Gasteiger partial charge in [-0.2, -0.15) is 0 Å². The topological polar surface area (TPSA) is 113 Å². The highest BCUT2D eigenvalue weighted by molar-refractivity contribution is 8.14. The van der Waals surface area contributed by atoms with Crippen LogP contribution in [0.3, 0.4) is 0 Å². The van der Waals surface area contributed by atoms with Crippen molar-refractivity contribution in [3.05, 3.63) is 0 Å². The molecule has 26 heavy (non-hydrogen) atoms. The third-order valence-electron chi connectivity index (χ3n) is 3.67. The van der Waals surface area contributed by atoms with Gasteiger partial charge in [0.1, 0.15) is 11.6 Å². The normalized spacial score (nSPS) is 18.5. The number of likely N-dealkylation sites (tertiary alicyclic amines) is 1. The molecule has 2 N–H and O–H groups in total. The van der Waals surface area contributed by atoms with E-state index in [0.29, 0.717) is 32.4 Å². The van der Waals surface area contributed by atoms with E-state index in [1.165, 1.54) is 18.7 Å². The minimum Gasteiger partial charge on any atom is -0.480 e. The molecule has 0 aliphatic carbocycles. The Kier molecular flexibility index (Phi) is 8.39. The number of nitrogens with one attached hydrogen (secondary N) is 1. The van der Waals surface area contributed by atoms with Crippen molar-refractivity contribution in [3.8, 4) is 0 Å². The summed E-state index contributed by atoms with van der Waals surface area (Å²) in [6, 6.07) is -1.03. The number of hydrogen-bond donors (Lipinski definition) is 2. The number of carboxylic acids is 1. The van der Waals surface area contributed by atoms with Gasteiger partial charge in [-0.05, 0) is 40.0 Å². The quantitative estimate of drug-likeness (QED) is 0.612. The average Bonchev–Trinajstić information content (AvgIpc) is 2.78. The Hall–Kier alpha value is -1.77. The zero-order valence-corrected chi connectivity index (χ0v) is 16.6. The van der Waals surface area contributed by atoms with E-state index in [1.54, 1.807) is 25.7 Å². The van der Waals surface area contributed by atoms with Crippen molar-refractivity contribution < 1.29 is 29.0 Å². The molecule has 0 aromatic carbocycles. The first-order valence-electron chi connectivity index (χ1n) is 8.65. The number of alkyl carbamates (subject to hydrolysis) is 1. The maximum absolute atomic E-state index is 11.9. The number of carbonyl (C=O) groups excluding carboxylic acids is 3. The fourth-order valence-corrected chi connectivity index (χ4v) is 3.57. The van der Waals surface area contributed by atoms with Gasteiger partial charge in [-0.1, -0.05) is 11.8 Å². The fourth-order valence-electron chi connectivity index (χ4n) is 2.62. The van der Waals surface area contributed by atoms with Crippen LogP contribution in [0.25, 0.3) is 0 Å². The molecule has 0 radical (unpaired) electrons. The van der Waals surface area contributed by atoms with E-state index in [9.17, 15) is 24.3 Å². The van der Waals surface area contributed by atoms with Gasteiger partial charge in [0.15, 0.2) is 5.12 Å². The van der Waals surface area contributed by atoms with Crippen LogP contribution in [0.15, 0.2) is 0 Å². The molecule has 0 bridgehead atoms. The molecule has 148 valence electrons. The van der Waals surface area contributed by atoms with Crippen molar-refractivity contribution in [2.75, 3.05) is 13.1 Å². The summed E-state index contributed by atoms with van der Waals surface area (Å²) in [4.78, 5) is 47.7. The molecule has 2 amide bonds. The Morgan fingerprint density at radius 2 is 2.00 bits per heavy atom. The predicted octanol–water partition coefficient (Wildman–Crippen LogP) is 2.02. The number of nitrogens with zero attached hydrogens (tertiary/aromatic N) is 1. The van der Waals surface area contributed by atoms with Crippen LogP contribution < -0.4 is 5.32 Å². The van der Waals surface area contributed by atoms with Crippen molar-refractivity contribution in [1.82, 2.24) is 10.2 Å². The molecule has 1 saturated heterocycles. The lowest BCUT2D eigenvalue weighted by molar-refractivity contribution is -0.139. The molecule has 1 rings (SSSR count). The molecule has 1 aliphatic heterocycles. The van der Waals surface area contributed by atoms with Gasteiger partial charge >= 0.3 is 12.1 Å². The summed E-state index contributed by atoms with van der Waals surface area (Å²) in [6.07, 6.45) is 1.03. The van der Waals surface area contributed by atoms with Gasteiger partial charge in [0.05, 0.1) is 0 Å². The lowest BCUT2D eigenvalue weighted by atomic mass is 10.1. The lowest BCUT2D eigenvalue weighted by Gasteiger charge is -2.22. The molecule has 2 atom stereocenters. The van der Waals surface area contributed by atoms with Gasteiger partial charge in [-0.15, -0.1) is 0 Å². The highest BCUT2D eigenvalue weighted by atomic mass is 32.2. The zero-order chi connectivity index (χ0) is 19.9. The van der Waals surface area contributed by atoms with Crippen molar-refractivity contribution >= 4 is 34.8 Å². The van der Waals surface area contributed by atoms with Crippen LogP contribution in [0, 0.1) is 0 Å². The number of aliphatic carboxylic acids is 1. The summed E-state index contributed by atoms with van der Waals surface area (Å²) in [7, 11) is 0. The molecule has 0 spiro atoms. The maximum atomic E-state index is 11.9. The second kappa shape index (κ2) is 9.80. The van der Waals surface area contributed by atoms with Gasteiger partial charge in [0.25, 0.3) is 0 Å². The Morgan fingerprint density at radius 3 is 2.54 bits per heavy atom. The van der Waals surface area contributed by atoms with Crippen LogP contribution in [-0.4, -0.2) is 63.1 Å². The van der Waals surface area contributed by atoms with Crippen molar-refractivity contribution in [2.24, 2.45) is 0 Å². The number of thioether (sulfide) groups is 1. The molecule has 1 fully saturated rings. The minimum absolute atomic E-state index is 0.000558. The van der Waals surface area contributed by atoms with Crippen LogP contribution in [-0.2, 0) is 19.1 Å². The largest absolute Gasteiger partial charge is 0.480 e. The van der Waals surface area contributed by atoms with Crippen LogP contribution in [0.2, 0.25) is 0 Å². The molecule has 0 saturated carbocycles. The van der Waals surface area contributed by atoms with Gasteiger partial charge in [0.2, 0.25) is 5.91 Å². The smallest absolute Gasteiger partial charge is 0.408 e. The van der Waals surface area contributed by atoms with E-state index < -0.39 is 23.7 Å². The van der Waals surface area contributed by atoms with Gasteiger partial charge < -0.3 is 20.1 Å². The van der Waals surface area contributed by atoms with E-state index in [-0.39, 0.29) is 22.7 Å². The van der Waals surface area contributed by atoms with Crippen LogP contribution in [0.1, 0.15) is 53.4 Å². The minimum atomic E-state index is -1.12. The number of amides is 2. The number of ether oxygens (including phenoxy) is 1. The summed E-state index contributed by atoms with van der Waals surface area (Å²) in [6.45, 7) is 7.66. The van der Waals surface area contributed by atoms with E-state index >= 15 is 0 Å². The molecule has 1 unspecified atom stereocenters. The van der Waals surface area contributed by atoms with E-state index in [2.05, 4.69) is 5.32 Å². The van der Waals surface area contributed by atoms with Gasteiger partial charge in [-0.25, -0.2) is 9.59 Å². The summed E-state index contributed by atoms with van der Waals surface area (Å²) < 4.78 is 5.07. The highest BCUT2D eigenvalue weighted by Gasteiger charge is 2.30. The second-order valence-corrected chi connectivity index (χ2v) is 8.79. The van der Waals surface area contributed by atoms with Crippen LogP contribution >= 0.6 is 11.8 Å². The monoisotopic (exact) mass is 388 g/mol. The summed E-state index contributed by atoms with van der Waals surface area (Å²) in [5, 5.41) is 11.6. The Bertz CT molecular complexity index is 546. The molecule has 1 heterocycles. The average molecular weight is 388 g/mol. The summed E-state index contributed by atoms with van der Waals surface area (Å²) in [5.41, 5.74) is -0.697. The summed E-state index contributed by atoms with van der Waals surface area (Å²) in [5.74, 6) is -1.10. The Morgan fingerprint density at radius 1 is 1.35 bits per heavy atom. The fraction of sp³-hybridized carbons (Fsp3) is 0.765. The third-order valence-corrected chi connectivity index (χ3v) is 4.65. The number of carboxylic acid groups (broad SMARTS) is 1. The van der Waals surface area contributed by atoms with E-state index in [0.717, 1.165) is 0 Å². The second-order valence-electron chi connectivity index (χ2n) is 7.31. The number of unbranched alkanes of at least 4 members (excludes halogenated alkanes) is 1. The molecule has 9 heteroatoms. The lowest BCUT2D eigenvalue weighted by Crippen LogP contribution is -2.43. The third kappa shape index (κ3) is 8.55. The van der Waals surface area contributed by atoms with Gasteiger partial charge in [-0.3, -0.25) is 9.59 Å². The Labute approximate surface area is 158 Å². The van der Waals surface area contributed by atoms with Crippen LogP contribution in [0.5, 0.6) is 0 Å². The standard InChI is InChI=1S/C17H28N2O6S/c1-11(20)26-12-9-14(21)19(10-12)8-6-5-7-13(15(22)23)18-16(24)25-17(2,3)4/h12-13H,5-10H2,1-4H3,(H,18,24)(H,22,23)/t12?,13-/m0/s1. The molecular weight excluding hydrogens is 360 g/mol. The van der Waals surface area contributed by atoms with E-state index in [4.69, 9.17) is 4.74 Å². The first-order valence-corrected chi connectivity index (χ1v) is 9.53. The van der Waals surface area contributed by atoms with Crippen LogP contribution in [0.4, 0.5) is 4.79 Å². The molecular formula is C17H28N2O6S. The number of hydrogen-bond acceptors (Lipinski definition) is 6. The van der Waals surface area contributed by atoms with Crippen molar-refractivity contribution in [3.63, 3.8) is 0 Å². The van der Waals surface area contributed by atoms with Gasteiger partial charge in [0, 0.05) is 31.7 Å². The highest BCUT2D eigenvalue weighted by Crippen LogP contribution is 2.24. The first kappa shape index (κ1) is 22.3. The number of carbonyl (C=O) groups is 4. The maximum Gasteiger partial charge on any atom is 0.408 e. The van der Waals surface area contributed by atoms with E-state index in [1.807, 2.05) is 0 Å². The predicted molar refractivity (Wildman–Crippen MR) is 97.9 cm³/mol. The summed E-state index contributed by atoms with van der Waals surface area (Å²) >= 11 is 1.19.